The second-order valence-electron chi connectivity index (χ2n) is 3.26. The van der Waals surface area contributed by atoms with Crippen LogP contribution in [0, 0.1) is 0 Å². The van der Waals surface area contributed by atoms with Gasteiger partial charge in [0.1, 0.15) is 11.9 Å². The summed E-state index contributed by atoms with van der Waals surface area (Å²) in [4.78, 5) is 0.730. The number of ether oxygens (including phenoxy) is 1. The SMILES string of the molecule is COc1ccsc1C(O)c1c(Cl)cnn1C. The minimum Gasteiger partial charge on any atom is -0.495 e. The van der Waals surface area contributed by atoms with Gasteiger partial charge in [-0.3, -0.25) is 4.68 Å². The summed E-state index contributed by atoms with van der Waals surface area (Å²) in [7, 11) is 3.31. The third kappa shape index (κ3) is 1.81. The second kappa shape index (κ2) is 4.45. The molecule has 0 amide bonds. The van der Waals surface area contributed by atoms with Crippen molar-refractivity contribution in [1.82, 2.24) is 9.78 Å². The van der Waals surface area contributed by atoms with Gasteiger partial charge < -0.3 is 9.84 Å². The number of halogens is 1. The van der Waals surface area contributed by atoms with E-state index in [1.165, 1.54) is 17.5 Å². The van der Waals surface area contributed by atoms with Gasteiger partial charge in [-0.2, -0.15) is 5.10 Å². The Hall–Kier alpha value is -1.04. The van der Waals surface area contributed by atoms with Crippen LogP contribution in [0.15, 0.2) is 17.6 Å². The number of hydrogen-bond donors (Lipinski definition) is 1. The van der Waals surface area contributed by atoms with Crippen LogP contribution in [0.5, 0.6) is 5.75 Å². The van der Waals surface area contributed by atoms with E-state index in [4.69, 9.17) is 16.3 Å². The number of aromatic nitrogens is 2. The number of methoxy groups -OCH3 is 1. The summed E-state index contributed by atoms with van der Waals surface area (Å²) in [5, 5.41) is 16.5. The van der Waals surface area contributed by atoms with Crippen LogP contribution < -0.4 is 4.74 Å². The molecule has 0 aliphatic heterocycles. The van der Waals surface area contributed by atoms with Crippen molar-refractivity contribution in [3.8, 4) is 5.75 Å². The summed E-state index contributed by atoms with van der Waals surface area (Å²) < 4.78 is 6.72. The number of rotatable bonds is 3. The average molecular weight is 259 g/mol. The van der Waals surface area contributed by atoms with Crippen LogP contribution in [0.25, 0.3) is 0 Å². The van der Waals surface area contributed by atoms with E-state index in [-0.39, 0.29) is 0 Å². The minimum absolute atomic E-state index is 0.449. The molecule has 86 valence electrons. The van der Waals surface area contributed by atoms with Gasteiger partial charge in [0.25, 0.3) is 0 Å². The van der Waals surface area contributed by atoms with E-state index in [0.29, 0.717) is 16.5 Å². The van der Waals surface area contributed by atoms with E-state index in [9.17, 15) is 5.11 Å². The first-order valence-electron chi connectivity index (χ1n) is 4.62. The zero-order chi connectivity index (χ0) is 11.7. The fourth-order valence-electron chi connectivity index (χ4n) is 1.53. The summed E-state index contributed by atoms with van der Waals surface area (Å²) in [5.41, 5.74) is 0.572. The van der Waals surface area contributed by atoms with Gasteiger partial charge in [0, 0.05) is 7.05 Å². The van der Waals surface area contributed by atoms with Gasteiger partial charge in [0.2, 0.25) is 0 Å². The summed E-state index contributed by atoms with van der Waals surface area (Å²) in [6, 6.07) is 1.81. The molecular weight excluding hydrogens is 248 g/mol. The van der Waals surface area contributed by atoms with Crippen molar-refractivity contribution in [3.63, 3.8) is 0 Å². The highest BCUT2D eigenvalue weighted by Crippen LogP contribution is 2.36. The van der Waals surface area contributed by atoms with Gasteiger partial charge in [0.15, 0.2) is 0 Å². The van der Waals surface area contributed by atoms with Crippen LogP contribution >= 0.6 is 22.9 Å². The maximum absolute atomic E-state index is 10.2. The number of nitrogens with zero attached hydrogens (tertiary/aromatic N) is 2. The number of aryl methyl sites for hydroxylation is 1. The molecule has 0 saturated carbocycles. The monoisotopic (exact) mass is 258 g/mol. The van der Waals surface area contributed by atoms with Crippen molar-refractivity contribution in [2.75, 3.05) is 7.11 Å². The van der Waals surface area contributed by atoms with E-state index < -0.39 is 6.10 Å². The number of hydrogen-bond acceptors (Lipinski definition) is 4. The summed E-state index contributed by atoms with van der Waals surface area (Å²) in [5.74, 6) is 0.662. The molecule has 0 spiro atoms. The van der Waals surface area contributed by atoms with Crippen molar-refractivity contribution >= 4 is 22.9 Å². The van der Waals surface area contributed by atoms with Crippen LogP contribution in [0.4, 0.5) is 0 Å². The normalized spacial score (nSPS) is 12.8. The van der Waals surface area contributed by atoms with Crippen molar-refractivity contribution in [2.45, 2.75) is 6.10 Å². The second-order valence-corrected chi connectivity index (χ2v) is 4.61. The molecule has 0 radical (unpaired) electrons. The predicted octanol–water partition coefficient (Wildman–Crippen LogP) is 2.23. The summed E-state index contributed by atoms with van der Waals surface area (Å²) in [6.07, 6.45) is 0.704. The molecule has 2 aromatic heterocycles. The van der Waals surface area contributed by atoms with E-state index in [1.807, 2.05) is 11.4 Å². The summed E-state index contributed by atoms with van der Waals surface area (Å²) in [6.45, 7) is 0. The summed E-state index contributed by atoms with van der Waals surface area (Å²) >= 11 is 7.40. The molecule has 1 N–H and O–H groups in total. The van der Waals surface area contributed by atoms with E-state index in [2.05, 4.69) is 5.10 Å². The molecular formula is C10H11ClN2O2S. The van der Waals surface area contributed by atoms with E-state index >= 15 is 0 Å². The topological polar surface area (TPSA) is 47.3 Å². The molecule has 1 atom stereocenters. The van der Waals surface area contributed by atoms with Gasteiger partial charge in [-0.25, -0.2) is 0 Å². The lowest BCUT2D eigenvalue weighted by Crippen LogP contribution is -2.06. The highest BCUT2D eigenvalue weighted by Gasteiger charge is 2.22. The fourth-order valence-corrected chi connectivity index (χ4v) is 2.64. The van der Waals surface area contributed by atoms with Gasteiger partial charge in [0.05, 0.1) is 28.9 Å². The van der Waals surface area contributed by atoms with Crippen molar-refractivity contribution < 1.29 is 9.84 Å². The Morgan fingerprint density at radius 3 is 2.94 bits per heavy atom. The van der Waals surface area contributed by atoms with Crippen LogP contribution in [-0.4, -0.2) is 22.0 Å². The Balaban J connectivity index is 2.43. The van der Waals surface area contributed by atoms with Crippen LogP contribution in [-0.2, 0) is 7.05 Å². The molecule has 0 saturated heterocycles. The molecule has 0 aliphatic rings. The number of thiophene rings is 1. The quantitative estimate of drug-likeness (QED) is 0.918. The lowest BCUT2D eigenvalue weighted by Gasteiger charge is -2.11. The largest absolute Gasteiger partial charge is 0.495 e. The van der Waals surface area contributed by atoms with Gasteiger partial charge in [-0.05, 0) is 11.4 Å². The number of aliphatic hydroxyl groups excluding tert-OH is 1. The lowest BCUT2D eigenvalue weighted by molar-refractivity contribution is 0.209. The van der Waals surface area contributed by atoms with Gasteiger partial charge >= 0.3 is 0 Å². The van der Waals surface area contributed by atoms with Crippen LogP contribution in [0.1, 0.15) is 16.7 Å². The first kappa shape index (κ1) is 11.4. The fraction of sp³-hybridized carbons (Fsp3) is 0.300. The molecule has 2 rings (SSSR count). The molecule has 4 nitrogen and oxygen atoms in total. The highest BCUT2D eigenvalue weighted by atomic mass is 35.5. The maximum atomic E-state index is 10.2. The average Bonchev–Trinajstić information content (AvgIpc) is 2.85. The Kier molecular flexibility index (Phi) is 3.18. The molecule has 1 unspecified atom stereocenters. The van der Waals surface area contributed by atoms with Crippen molar-refractivity contribution in [3.05, 3.63) is 33.2 Å². The Bertz CT molecular complexity index is 475. The third-order valence-electron chi connectivity index (χ3n) is 2.32. The Morgan fingerprint density at radius 1 is 1.62 bits per heavy atom. The molecule has 6 heteroatoms. The van der Waals surface area contributed by atoms with E-state index in [0.717, 1.165) is 4.88 Å². The van der Waals surface area contributed by atoms with Crippen molar-refractivity contribution in [2.24, 2.45) is 7.05 Å². The Morgan fingerprint density at radius 2 is 2.38 bits per heavy atom. The smallest absolute Gasteiger partial charge is 0.135 e. The zero-order valence-corrected chi connectivity index (χ0v) is 10.4. The van der Waals surface area contributed by atoms with Crippen LogP contribution in [0.3, 0.4) is 0 Å². The molecule has 16 heavy (non-hydrogen) atoms. The van der Waals surface area contributed by atoms with E-state index in [1.54, 1.807) is 18.8 Å². The Labute approximate surface area is 102 Å². The molecule has 0 aliphatic carbocycles. The van der Waals surface area contributed by atoms with Gasteiger partial charge in [-0.15, -0.1) is 11.3 Å². The highest BCUT2D eigenvalue weighted by molar-refractivity contribution is 7.10. The van der Waals surface area contributed by atoms with Crippen LogP contribution in [0.2, 0.25) is 5.02 Å². The number of aliphatic hydroxyl groups is 1. The molecule has 2 aromatic rings. The van der Waals surface area contributed by atoms with Gasteiger partial charge in [-0.1, -0.05) is 11.6 Å². The van der Waals surface area contributed by atoms with Crippen molar-refractivity contribution in [1.29, 1.82) is 0 Å². The molecule has 2 heterocycles. The molecule has 0 bridgehead atoms. The zero-order valence-electron chi connectivity index (χ0n) is 8.85. The maximum Gasteiger partial charge on any atom is 0.135 e. The minimum atomic E-state index is -0.810. The first-order valence-corrected chi connectivity index (χ1v) is 5.87. The standard InChI is InChI=1S/C10H11ClN2O2S/c1-13-8(6(11)5-12-13)9(14)10-7(15-2)3-4-16-10/h3-5,9,14H,1-2H3. The predicted molar refractivity (Wildman–Crippen MR) is 63.2 cm³/mol. The lowest BCUT2D eigenvalue weighted by atomic mass is 10.2. The third-order valence-corrected chi connectivity index (χ3v) is 3.56. The first-order chi connectivity index (χ1) is 7.65. The molecule has 0 aromatic carbocycles. The molecule has 0 fully saturated rings.